The van der Waals surface area contributed by atoms with Gasteiger partial charge in [-0.25, -0.2) is 0 Å². The van der Waals surface area contributed by atoms with Crippen molar-refractivity contribution in [2.45, 2.75) is 31.7 Å². The number of hydrogen-bond acceptors (Lipinski definition) is 2. The number of carbonyl (C=O) groups excluding carboxylic acids is 1. The molecule has 0 saturated heterocycles. The third-order valence-electron chi connectivity index (χ3n) is 3.09. The molecule has 0 spiro atoms. The van der Waals surface area contributed by atoms with E-state index in [2.05, 4.69) is 10.6 Å². The fourth-order valence-electron chi connectivity index (χ4n) is 1.83. The predicted molar refractivity (Wildman–Crippen MR) is 78.8 cm³/mol. The molecule has 1 saturated carbocycles. The van der Waals surface area contributed by atoms with E-state index >= 15 is 0 Å². The molecule has 1 aromatic rings. The normalized spacial score (nSPS) is 14.4. The zero-order valence-electron chi connectivity index (χ0n) is 10.7. The third-order valence-corrected chi connectivity index (χ3v) is 3.68. The first kappa shape index (κ1) is 14.6. The summed E-state index contributed by atoms with van der Waals surface area (Å²) in [5, 5.41) is 7.49. The highest BCUT2D eigenvalue weighted by Crippen LogP contribution is 2.21. The Kier molecular flexibility index (Phi) is 5.49. The zero-order chi connectivity index (χ0) is 13.7. The summed E-state index contributed by atoms with van der Waals surface area (Å²) in [6.45, 7) is 1.36. The van der Waals surface area contributed by atoms with E-state index in [-0.39, 0.29) is 5.91 Å². The second-order valence-electron chi connectivity index (χ2n) is 4.81. The first-order valence-corrected chi connectivity index (χ1v) is 7.35. The Morgan fingerprint density at radius 2 is 2.05 bits per heavy atom. The smallest absolute Gasteiger partial charge is 0.221 e. The van der Waals surface area contributed by atoms with Crippen molar-refractivity contribution in [3.05, 3.63) is 33.8 Å². The number of benzene rings is 1. The van der Waals surface area contributed by atoms with Crippen molar-refractivity contribution in [2.75, 3.05) is 13.1 Å². The van der Waals surface area contributed by atoms with Crippen LogP contribution in [0.15, 0.2) is 18.2 Å². The van der Waals surface area contributed by atoms with Crippen LogP contribution in [0.2, 0.25) is 10.0 Å². The molecule has 1 aromatic carbocycles. The quantitative estimate of drug-likeness (QED) is 0.813. The monoisotopic (exact) mass is 300 g/mol. The van der Waals surface area contributed by atoms with Crippen LogP contribution in [-0.2, 0) is 11.2 Å². The van der Waals surface area contributed by atoms with Crippen LogP contribution in [0.3, 0.4) is 0 Å². The molecule has 5 heteroatoms. The third kappa shape index (κ3) is 5.39. The lowest BCUT2D eigenvalue weighted by atomic mass is 10.1. The molecule has 2 N–H and O–H groups in total. The van der Waals surface area contributed by atoms with Gasteiger partial charge in [0.25, 0.3) is 0 Å². The van der Waals surface area contributed by atoms with E-state index < -0.39 is 0 Å². The summed E-state index contributed by atoms with van der Waals surface area (Å²) in [5.41, 5.74) is 1.00. The minimum absolute atomic E-state index is 0.0817. The number of halogens is 2. The van der Waals surface area contributed by atoms with E-state index in [1.54, 1.807) is 6.07 Å². The molecular weight excluding hydrogens is 283 g/mol. The van der Waals surface area contributed by atoms with Crippen molar-refractivity contribution >= 4 is 29.1 Å². The van der Waals surface area contributed by atoms with E-state index in [9.17, 15) is 4.79 Å². The minimum atomic E-state index is 0.0817. The van der Waals surface area contributed by atoms with E-state index in [4.69, 9.17) is 23.2 Å². The average Bonchev–Trinajstić information content (AvgIpc) is 3.16. The summed E-state index contributed by atoms with van der Waals surface area (Å²) in [6, 6.07) is 6.08. The van der Waals surface area contributed by atoms with Crippen molar-refractivity contribution in [1.29, 1.82) is 0 Å². The van der Waals surface area contributed by atoms with Gasteiger partial charge >= 0.3 is 0 Å². The van der Waals surface area contributed by atoms with Gasteiger partial charge in [-0.1, -0.05) is 29.3 Å². The Morgan fingerprint density at radius 3 is 2.74 bits per heavy atom. The number of carbonyl (C=O) groups is 1. The maximum atomic E-state index is 11.6. The van der Waals surface area contributed by atoms with Gasteiger partial charge in [0.15, 0.2) is 0 Å². The molecular formula is C14H18Cl2N2O. The number of amides is 1. The van der Waals surface area contributed by atoms with E-state index in [1.807, 2.05) is 12.1 Å². The van der Waals surface area contributed by atoms with E-state index in [0.29, 0.717) is 29.1 Å². The molecule has 0 heterocycles. The molecule has 3 nitrogen and oxygen atoms in total. The van der Waals surface area contributed by atoms with Crippen LogP contribution in [0.5, 0.6) is 0 Å². The molecule has 0 aliphatic heterocycles. The Balaban J connectivity index is 1.63. The maximum Gasteiger partial charge on any atom is 0.221 e. The lowest BCUT2D eigenvalue weighted by Crippen LogP contribution is -2.29. The zero-order valence-corrected chi connectivity index (χ0v) is 12.2. The van der Waals surface area contributed by atoms with Crippen molar-refractivity contribution in [3.8, 4) is 0 Å². The Morgan fingerprint density at radius 1 is 1.26 bits per heavy atom. The highest BCUT2D eigenvalue weighted by atomic mass is 35.5. The SMILES string of the molecule is O=C(CCNC1CC1)NCCc1ccc(Cl)cc1Cl. The molecule has 0 radical (unpaired) electrons. The lowest BCUT2D eigenvalue weighted by Gasteiger charge is -2.07. The standard InChI is InChI=1S/C14H18Cl2N2O/c15-11-2-1-10(13(16)9-11)5-7-18-14(19)6-8-17-12-3-4-12/h1-2,9,12,17H,3-8H2,(H,18,19). The molecule has 0 bridgehead atoms. The van der Waals surface area contributed by atoms with Crippen LogP contribution in [0.4, 0.5) is 0 Å². The minimum Gasteiger partial charge on any atom is -0.356 e. The van der Waals surface area contributed by atoms with Crippen LogP contribution in [0.25, 0.3) is 0 Å². The second-order valence-corrected chi connectivity index (χ2v) is 5.66. The van der Waals surface area contributed by atoms with Gasteiger partial charge in [0.05, 0.1) is 0 Å². The summed E-state index contributed by atoms with van der Waals surface area (Å²) in [7, 11) is 0. The molecule has 1 amide bonds. The topological polar surface area (TPSA) is 41.1 Å². The van der Waals surface area contributed by atoms with E-state index in [0.717, 1.165) is 18.5 Å². The molecule has 0 atom stereocenters. The first-order valence-electron chi connectivity index (χ1n) is 6.59. The van der Waals surface area contributed by atoms with Gasteiger partial charge in [0.2, 0.25) is 5.91 Å². The molecule has 104 valence electrons. The van der Waals surface area contributed by atoms with Crippen molar-refractivity contribution in [2.24, 2.45) is 0 Å². The van der Waals surface area contributed by atoms with Gasteiger partial charge in [0.1, 0.15) is 0 Å². The summed E-state index contributed by atoms with van der Waals surface area (Å²) in [4.78, 5) is 11.6. The molecule has 0 aromatic heterocycles. The molecule has 19 heavy (non-hydrogen) atoms. The van der Waals surface area contributed by atoms with E-state index in [1.165, 1.54) is 12.8 Å². The number of rotatable bonds is 7. The first-order chi connectivity index (χ1) is 9.15. The van der Waals surface area contributed by atoms with Gasteiger partial charge in [-0.3, -0.25) is 4.79 Å². The van der Waals surface area contributed by atoms with Crippen molar-refractivity contribution < 1.29 is 4.79 Å². The van der Waals surface area contributed by atoms with Crippen LogP contribution in [0.1, 0.15) is 24.8 Å². The predicted octanol–water partition coefficient (Wildman–Crippen LogP) is 2.79. The summed E-state index contributed by atoms with van der Waals surface area (Å²) in [5.74, 6) is 0.0817. The molecule has 0 unspecified atom stereocenters. The number of hydrogen-bond donors (Lipinski definition) is 2. The fraction of sp³-hybridized carbons (Fsp3) is 0.500. The largest absolute Gasteiger partial charge is 0.356 e. The maximum absolute atomic E-state index is 11.6. The highest BCUT2D eigenvalue weighted by molar-refractivity contribution is 6.35. The Hall–Kier alpha value is -0.770. The van der Waals surface area contributed by atoms with Crippen LogP contribution in [-0.4, -0.2) is 25.0 Å². The lowest BCUT2D eigenvalue weighted by molar-refractivity contribution is -0.120. The fourth-order valence-corrected chi connectivity index (χ4v) is 2.33. The van der Waals surface area contributed by atoms with Crippen molar-refractivity contribution in [3.63, 3.8) is 0 Å². The van der Waals surface area contributed by atoms with Gasteiger partial charge in [-0.15, -0.1) is 0 Å². The Bertz CT molecular complexity index is 447. The molecule has 2 rings (SSSR count). The summed E-state index contributed by atoms with van der Waals surface area (Å²) < 4.78 is 0. The molecule has 1 aliphatic carbocycles. The van der Waals surface area contributed by atoms with Gasteiger partial charge in [0, 0.05) is 35.6 Å². The van der Waals surface area contributed by atoms with Crippen LogP contribution < -0.4 is 10.6 Å². The molecule has 1 aliphatic rings. The summed E-state index contributed by atoms with van der Waals surface area (Å²) >= 11 is 11.9. The van der Waals surface area contributed by atoms with Gasteiger partial charge in [-0.05, 0) is 37.0 Å². The Labute approximate surface area is 123 Å². The second kappa shape index (κ2) is 7.13. The average molecular weight is 301 g/mol. The molecule has 1 fully saturated rings. The van der Waals surface area contributed by atoms with Crippen LogP contribution in [0, 0.1) is 0 Å². The van der Waals surface area contributed by atoms with Crippen LogP contribution >= 0.6 is 23.2 Å². The van der Waals surface area contributed by atoms with Gasteiger partial charge in [-0.2, -0.15) is 0 Å². The van der Waals surface area contributed by atoms with Gasteiger partial charge < -0.3 is 10.6 Å². The highest BCUT2D eigenvalue weighted by Gasteiger charge is 2.19. The number of nitrogens with one attached hydrogen (secondary N) is 2. The van der Waals surface area contributed by atoms with Crippen molar-refractivity contribution in [1.82, 2.24) is 10.6 Å². The summed E-state index contributed by atoms with van der Waals surface area (Å²) in [6.07, 6.45) is 3.75.